The van der Waals surface area contributed by atoms with Crippen molar-refractivity contribution < 1.29 is 9.53 Å². The molecule has 0 heterocycles. The molecule has 3 nitrogen and oxygen atoms in total. The molecule has 1 aromatic carbocycles. The second kappa shape index (κ2) is 8.38. The molecule has 0 saturated carbocycles. The molecule has 0 bridgehead atoms. The van der Waals surface area contributed by atoms with Crippen LogP contribution in [-0.2, 0) is 4.79 Å². The zero-order chi connectivity index (χ0) is 11.6. The second-order valence-corrected chi connectivity index (χ2v) is 4.38. The third-order valence-corrected chi connectivity index (χ3v) is 2.74. The van der Waals surface area contributed by atoms with Gasteiger partial charge < -0.3 is 10.1 Å². The summed E-state index contributed by atoms with van der Waals surface area (Å²) < 4.78 is 6.49. The summed E-state index contributed by atoms with van der Waals surface area (Å²) in [5, 5.41) is 2.85. The fourth-order valence-corrected chi connectivity index (χ4v) is 1.54. The van der Waals surface area contributed by atoms with Crippen molar-refractivity contribution in [3.05, 3.63) is 30.3 Å². The summed E-state index contributed by atoms with van der Waals surface area (Å²) in [5.74, 6) is 0.864. The number of para-hydroxylation sites is 1. The number of rotatable bonds is 7. The highest BCUT2D eigenvalue weighted by atomic mass is 127. The first-order valence-corrected chi connectivity index (χ1v) is 6.86. The van der Waals surface area contributed by atoms with E-state index in [0.29, 0.717) is 13.0 Å². The number of ether oxygens (including phenoxy) is 1. The second-order valence-electron chi connectivity index (χ2n) is 3.30. The number of benzene rings is 1. The molecule has 0 aliphatic rings. The van der Waals surface area contributed by atoms with Crippen LogP contribution < -0.4 is 10.1 Å². The molecule has 88 valence electrons. The molecule has 1 N–H and O–H groups in total. The SMILES string of the molecule is O=C(CCOc1ccccc1)NCCCI. The Kier molecular flexibility index (Phi) is 6.96. The van der Waals surface area contributed by atoms with Crippen LogP contribution in [0.2, 0.25) is 0 Å². The van der Waals surface area contributed by atoms with E-state index in [1.54, 1.807) is 0 Å². The van der Waals surface area contributed by atoms with E-state index in [1.807, 2.05) is 30.3 Å². The summed E-state index contributed by atoms with van der Waals surface area (Å²) in [4.78, 5) is 11.3. The third kappa shape index (κ3) is 5.95. The predicted octanol–water partition coefficient (Wildman–Crippen LogP) is 2.40. The number of carbonyl (C=O) groups excluding carboxylic acids is 1. The Morgan fingerprint density at radius 3 is 2.75 bits per heavy atom. The summed E-state index contributed by atoms with van der Waals surface area (Å²) in [5.41, 5.74) is 0. The Morgan fingerprint density at radius 1 is 1.31 bits per heavy atom. The lowest BCUT2D eigenvalue weighted by Gasteiger charge is -2.06. The molecule has 1 rings (SSSR count). The maximum Gasteiger partial charge on any atom is 0.223 e. The highest BCUT2D eigenvalue weighted by Crippen LogP contribution is 2.08. The average molecular weight is 333 g/mol. The minimum Gasteiger partial charge on any atom is -0.493 e. The Balaban J connectivity index is 2.09. The van der Waals surface area contributed by atoms with E-state index in [1.165, 1.54) is 0 Å². The number of carbonyl (C=O) groups is 1. The number of hydrogen-bond acceptors (Lipinski definition) is 2. The fourth-order valence-electron chi connectivity index (χ4n) is 1.16. The molecule has 0 atom stereocenters. The Bertz CT molecular complexity index is 303. The lowest BCUT2D eigenvalue weighted by Crippen LogP contribution is -2.26. The van der Waals surface area contributed by atoms with E-state index in [0.717, 1.165) is 23.1 Å². The standard InChI is InChI=1S/C12H16INO2/c13-8-4-9-14-12(15)7-10-16-11-5-2-1-3-6-11/h1-3,5-6H,4,7-10H2,(H,14,15). The average Bonchev–Trinajstić information content (AvgIpc) is 2.31. The van der Waals surface area contributed by atoms with Gasteiger partial charge in [-0.1, -0.05) is 40.8 Å². The molecule has 0 aliphatic heterocycles. The van der Waals surface area contributed by atoms with Crippen LogP contribution in [0.1, 0.15) is 12.8 Å². The summed E-state index contributed by atoms with van der Waals surface area (Å²) >= 11 is 2.29. The first-order chi connectivity index (χ1) is 7.83. The van der Waals surface area contributed by atoms with Crippen molar-refractivity contribution in [2.45, 2.75) is 12.8 Å². The van der Waals surface area contributed by atoms with E-state index < -0.39 is 0 Å². The molecule has 1 amide bonds. The molecule has 4 heteroatoms. The highest BCUT2D eigenvalue weighted by Gasteiger charge is 2.00. The fraction of sp³-hybridized carbons (Fsp3) is 0.417. The van der Waals surface area contributed by atoms with Crippen LogP contribution in [0.5, 0.6) is 5.75 Å². The van der Waals surface area contributed by atoms with E-state index in [4.69, 9.17) is 4.74 Å². The van der Waals surface area contributed by atoms with E-state index in [9.17, 15) is 4.79 Å². The van der Waals surface area contributed by atoms with Gasteiger partial charge >= 0.3 is 0 Å². The van der Waals surface area contributed by atoms with Crippen molar-refractivity contribution in [3.8, 4) is 5.75 Å². The minimum absolute atomic E-state index is 0.0563. The van der Waals surface area contributed by atoms with Crippen LogP contribution in [0.25, 0.3) is 0 Å². The van der Waals surface area contributed by atoms with Gasteiger partial charge in [0.05, 0.1) is 13.0 Å². The Morgan fingerprint density at radius 2 is 2.06 bits per heavy atom. The molecule has 16 heavy (non-hydrogen) atoms. The van der Waals surface area contributed by atoms with Gasteiger partial charge in [-0.25, -0.2) is 0 Å². The van der Waals surface area contributed by atoms with E-state index >= 15 is 0 Å². The van der Waals surface area contributed by atoms with Crippen molar-refractivity contribution in [3.63, 3.8) is 0 Å². The number of hydrogen-bond donors (Lipinski definition) is 1. The lowest BCUT2D eigenvalue weighted by molar-refractivity contribution is -0.121. The van der Waals surface area contributed by atoms with Gasteiger partial charge in [-0.3, -0.25) is 4.79 Å². The number of alkyl halides is 1. The molecule has 0 aliphatic carbocycles. The molecule has 0 radical (unpaired) electrons. The van der Waals surface area contributed by atoms with Gasteiger partial charge in [-0.2, -0.15) is 0 Å². The number of nitrogens with one attached hydrogen (secondary N) is 1. The molecular formula is C12H16INO2. The van der Waals surface area contributed by atoms with E-state index in [-0.39, 0.29) is 5.91 Å². The van der Waals surface area contributed by atoms with Gasteiger partial charge in [0.15, 0.2) is 0 Å². The minimum atomic E-state index is 0.0563. The van der Waals surface area contributed by atoms with Crippen molar-refractivity contribution in [2.24, 2.45) is 0 Å². The Labute approximate surface area is 110 Å². The molecule has 0 spiro atoms. The monoisotopic (exact) mass is 333 g/mol. The third-order valence-electron chi connectivity index (χ3n) is 1.97. The van der Waals surface area contributed by atoms with Gasteiger partial charge in [0.2, 0.25) is 5.91 Å². The zero-order valence-electron chi connectivity index (χ0n) is 9.12. The lowest BCUT2D eigenvalue weighted by atomic mass is 10.3. The summed E-state index contributed by atoms with van der Waals surface area (Å²) in [6.45, 7) is 1.19. The van der Waals surface area contributed by atoms with Crippen LogP contribution in [0.15, 0.2) is 30.3 Å². The molecular weight excluding hydrogens is 317 g/mol. The van der Waals surface area contributed by atoms with Crippen LogP contribution in [-0.4, -0.2) is 23.5 Å². The largest absolute Gasteiger partial charge is 0.493 e. The number of halogens is 1. The molecule has 1 aromatic rings. The zero-order valence-corrected chi connectivity index (χ0v) is 11.3. The van der Waals surface area contributed by atoms with Gasteiger partial charge in [-0.05, 0) is 18.6 Å². The smallest absolute Gasteiger partial charge is 0.223 e. The van der Waals surface area contributed by atoms with Crippen molar-refractivity contribution >= 4 is 28.5 Å². The number of amides is 1. The van der Waals surface area contributed by atoms with Gasteiger partial charge in [0.25, 0.3) is 0 Å². The van der Waals surface area contributed by atoms with Crippen LogP contribution >= 0.6 is 22.6 Å². The molecule has 0 fully saturated rings. The van der Waals surface area contributed by atoms with Gasteiger partial charge in [0.1, 0.15) is 5.75 Å². The van der Waals surface area contributed by atoms with Crippen LogP contribution in [0.4, 0.5) is 0 Å². The molecule has 0 saturated heterocycles. The van der Waals surface area contributed by atoms with Crippen LogP contribution in [0.3, 0.4) is 0 Å². The summed E-state index contributed by atoms with van der Waals surface area (Å²) in [6.07, 6.45) is 1.43. The summed E-state index contributed by atoms with van der Waals surface area (Å²) in [6, 6.07) is 9.53. The maximum absolute atomic E-state index is 11.3. The van der Waals surface area contributed by atoms with Gasteiger partial charge in [-0.15, -0.1) is 0 Å². The van der Waals surface area contributed by atoms with Crippen molar-refractivity contribution in [1.29, 1.82) is 0 Å². The van der Waals surface area contributed by atoms with Gasteiger partial charge in [0, 0.05) is 11.0 Å². The van der Waals surface area contributed by atoms with E-state index in [2.05, 4.69) is 27.9 Å². The predicted molar refractivity (Wildman–Crippen MR) is 73.1 cm³/mol. The van der Waals surface area contributed by atoms with Crippen LogP contribution in [0, 0.1) is 0 Å². The molecule has 0 aromatic heterocycles. The molecule has 0 unspecified atom stereocenters. The first kappa shape index (κ1) is 13.3. The maximum atomic E-state index is 11.3. The quantitative estimate of drug-likeness (QED) is 0.473. The van der Waals surface area contributed by atoms with Crippen molar-refractivity contribution in [1.82, 2.24) is 5.32 Å². The highest BCUT2D eigenvalue weighted by molar-refractivity contribution is 14.1. The summed E-state index contributed by atoms with van der Waals surface area (Å²) in [7, 11) is 0. The van der Waals surface area contributed by atoms with Crippen molar-refractivity contribution in [2.75, 3.05) is 17.6 Å². The topological polar surface area (TPSA) is 38.3 Å². The Hall–Kier alpha value is -0.780. The first-order valence-electron chi connectivity index (χ1n) is 5.33. The normalized spacial score (nSPS) is 9.81.